The third-order valence-electron chi connectivity index (χ3n) is 3.87. The first-order valence-electron chi connectivity index (χ1n) is 7.15. The number of carbonyl (C=O) groups is 2. The van der Waals surface area contributed by atoms with Crippen LogP contribution in [0.3, 0.4) is 0 Å². The number of rotatable bonds is 6. The van der Waals surface area contributed by atoms with E-state index in [-0.39, 0.29) is 12.3 Å². The van der Waals surface area contributed by atoms with E-state index in [2.05, 4.69) is 5.32 Å². The first-order chi connectivity index (χ1) is 10.5. The minimum absolute atomic E-state index is 0.0831. The number of amides is 1. The predicted octanol–water partition coefficient (Wildman–Crippen LogP) is 1.84. The molecule has 0 bridgehead atoms. The quantitative estimate of drug-likeness (QED) is 0.835. The monoisotopic (exact) mass is 302 g/mol. The molecule has 6 heteroatoms. The Balaban J connectivity index is 2.00. The van der Waals surface area contributed by atoms with Gasteiger partial charge in [-0.05, 0) is 38.3 Å². The van der Waals surface area contributed by atoms with Crippen LogP contribution in [-0.2, 0) is 9.59 Å². The summed E-state index contributed by atoms with van der Waals surface area (Å²) in [6, 6.07) is 8.67. The molecule has 1 aromatic rings. The van der Waals surface area contributed by atoms with Gasteiger partial charge in [0.2, 0.25) is 0 Å². The van der Waals surface area contributed by atoms with Gasteiger partial charge >= 0.3 is 5.97 Å². The highest BCUT2D eigenvalue weighted by Gasteiger charge is 2.41. The van der Waals surface area contributed by atoms with Gasteiger partial charge in [0, 0.05) is 0 Å². The smallest absolute Gasteiger partial charge is 0.305 e. The molecule has 1 unspecified atom stereocenters. The number of carboxylic acid groups (broad SMARTS) is 1. The van der Waals surface area contributed by atoms with Crippen LogP contribution >= 0.6 is 0 Å². The van der Waals surface area contributed by atoms with E-state index in [1.807, 2.05) is 6.07 Å². The highest BCUT2D eigenvalue weighted by Crippen LogP contribution is 2.35. The first-order valence-corrected chi connectivity index (χ1v) is 7.15. The van der Waals surface area contributed by atoms with Gasteiger partial charge in [-0.1, -0.05) is 12.1 Å². The maximum Gasteiger partial charge on any atom is 0.305 e. The van der Waals surface area contributed by atoms with E-state index in [1.54, 1.807) is 31.2 Å². The number of nitrogens with zero attached hydrogens (tertiary/aromatic N) is 1. The summed E-state index contributed by atoms with van der Waals surface area (Å²) in [5, 5.41) is 20.7. The number of nitriles is 1. The summed E-state index contributed by atoms with van der Waals surface area (Å²) in [4.78, 5) is 23.1. The zero-order chi connectivity index (χ0) is 16.2. The summed E-state index contributed by atoms with van der Waals surface area (Å²) in [7, 11) is 0. The van der Waals surface area contributed by atoms with E-state index < -0.39 is 17.6 Å². The fraction of sp³-hybridized carbons (Fsp3) is 0.438. The highest BCUT2D eigenvalue weighted by molar-refractivity contribution is 5.82. The van der Waals surface area contributed by atoms with Crippen LogP contribution in [0.4, 0.5) is 0 Å². The maximum absolute atomic E-state index is 12.2. The Labute approximate surface area is 128 Å². The molecule has 1 saturated carbocycles. The van der Waals surface area contributed by atoms with E-state index in [0.29, 0.717) is 24.2 Å². The molecule has 2 N–H and O–H groups in total. The number of nitrogens with one attached hydrogen (secondary N) is 1. The number of ether oxygens (including phenoxy) is 1. The van der Waals surface area contributed by atoms with Crippen molar-refractivity contribution in [2.75, 3.05) is 0 Å². The number of hydrogen-bond acceptors (Lipinski definition) is 4. The summed E-state index contributed by atoms with van der Waals surface area (Å²) in [6.07, 6.45) is 1.33. The Morgan fingerprint density at radius 2 is 2.14 bits per heavy atom. The lowest BCUT2D eigenvalue weighted by Crippen LogP contribution is -2.57. The van der Waals surface area contributed by atoms with Crippen molar-refractivity contribution in [2.45, 2.75) is 44.2 Å². The molecule has 0 heterocycles. The number of benzene rings is 1. The standard InChI is InChI=1S/C16H18N2O4/c1-11(22-13-6-3-2-5-12(13)10-17)15(21)18-16(7-4-8-16)9-14(19)20/h2-3,5-6,11H,4,7-9H2,1H3,(H,18,21)(H,19,20). The van der Waals surface area contributed by atoms with Crippen LogP contribution in [-0.4, -0.2) is 28.6 Å². The van der Waals surface area contributed by atoms with Crippen LogP contribution in [0, 0.1) is 11.3 Å². The SMILES string of the molecule is CC(Oc1ccccc1C#N)C(=O)NC1(CC(=O)O)CCC1. The van der Waals surface area contributed by atoms with Gasteiger partial charge in [-0.2, -0.15) is 5.26 Å². The number of hydrogen-bond donors (Lipinski definition) is 2. The topological polar surface area (TPSA) is 99.4 Å². The van der Waals surface area contributed by atoms with Crippen LogP contribution in [0.1, 0.15) is 38.2 Å². The molecule has 6 nitrogen and oxygen atoms in total. The van der Waals surface area contributed by atoms with Crippen molar-refractivity contribution in [1.29, 1.82) is 5.26 Å². The van der Waals surface area contributed by atoms with Crippen molar-refractivity contribution in [2.24, 2.45) is 0 Å². The molecule has 1 fully saturated rings. The lowest BCUT2D eigenvalue weighted by Gasteiger charge is -2.42. The van der Waals surface area contributed by atoms with Crippen molar-refractivity contribution in [3.63, 3.8) is 0 Å². The molecule has 1 amide bonds. The van der Waals surface area contributed by atoms with Crippen LogP contribution in [0.15, 0.2) is 24.3 Å². The number of carboxylic acids is 1. The van der Waals surface area contributed by atoms with Crippen molar-refractivity contribution >= 4 is 11.9 Å². The minimum atomic E-state index is -0.927. The summed E-state index contributed by atoms with van der Waals surface area (Å²) < 4.78 is 5.54. The Hall–Kier alpha value is -2.55. The third-order valence-corrected chi connectivity index (χ3v) is 3.87. The lowest BCUT2D eigenvalue weighted by atomic mass is 9.74. The molecule has 2 rings (SSSR count). The number of aliphatic carboxylic acids is 1. The minimum Gasteiger partial charge on any atom is -0.481 e. The molecule has 116 valence electrons. The van der Waals surface area contributed by atoms with Crippen LogP contribution in [0.2, 0.25) is 0 Å². The van der Waals surface area contributed by atoms with E-state index in [0.717, 1.165) is 6.42 Å². The van der Waals surface area contributed by atoms with Crippen LogP contribution in [0.25, 0.3) is 0 Å². The van der Waals surface area contributed by atoms with Gasteiger partial charge in [-0.25, -0.2) is 0 Å². The molecule has 0 aliphatic heterocycles. The van der Waals surface area contributed by atoms with E-state index in [9.17, 15) is 9.59 Å². The van der Waals surface area contributed by atoms with Crippen molar-refractivity contribution in [3.05, 3.63) is 29.8 Å². The second-order valence-corrected chi connectivity index (χ2v) is 5.56. The van der Waals surface area contributed by atoms with Crippen LogP contribution in [0.5, 0.6) is 5.75 Å². The average molecular weight is 302 g/mol. The average Bonchev–Trinajstić information content (AvgIpc) is 2.44. The predicted molar refractivity (Wildman–Crippen MR) is 78.2 cm³/mol. The molecule has 1 aliphatic carbocycles. The second kappa shape index (κ2) is 6.48. The normalized spacial score (nSPS) is 16.7. The largest absolute Gasteiger partial charge is 0.481 e. The Morgan fingerprint density at radius 3 is 2.68 bits per heavy atom. The Bertz CT molecular complexity index is 617. The summed E-state index contributed by atoms with van der Waals surface area (Å²) in [5.41, 5.74) is -0.305. The highest BCUT2D eigenvalue weighted by atomic mass is 16.5. The van der Waals surface area contributed by atoms with Gasteiger partial charge in [0.1, 0.15) is 11.8 Å². The summed E-state index contributed by atoms with van der Waals surface area (Å²) in [5.74, 6) is -0.953. The molecule has 0 saturated heterocycles. The fourth-order valence-corrected chi connectivity index (χ4v) is 2.51. The molecule has 1 aromatic carbocycles. The van der Waals surface area contributed by atoms with Crippen molar-refractivity contribution < 1.29 is 19.4 Å². The zero-order valence-electron chi connectivity index (χ0n) is 12.3. The van der Waals surface area contributed by atoms with Gasteiger partial charge in [0.15, 0.2) is 6.10 Å². The summed E-state index contributed by atoms with van der Waals surface area (Å²) >= 11 is 0. The van der Waals surface area contributed by atoms with Gasteiger partial charge in [0.05, 0.1) is 17.5 Å². The number of carbonyl (C=O) groups excluding carboxylic acids is 1. The van der Waals surface area contributed by atoms with Crippen LogP contribution < -0.4 is 10.1 Å². The molecule has 0 spiro atoms. The molecule has 1 atom stereocenters. The van der Waals surface area contributed by atoms with Crippen molar-refractivity contribution in [3.8, 4) is 11.8 Å². The second-order valence-electron chi connectivity index (χ2n) is 5.56. The molecule has 1 aliphatic rings. The molecular formula is C16H18N2O4. The number of para-hydroxylation sites is 1. The Kier molecular flexibility index (Phi) is 4.66. The zero-order valence-corrected chi connectivity index (χ0v) is 12.3. The third kappa shape index (κ3) is 3.55. The molecule has 0 aromatic heterocycles. The lowest BCUT2D eigenvalue weighted by molar-refractivity contribution is -0.141. The maximum atomic E-state index is 12.2. The fourth-order valence-electron chi connectivity index (χ4n) is 2.51. The van der Waals surface area contributed by atoms with Gasteiger partial charge < -0.3 is 15.2 Å². The molecule has 22 heavy (non-hydrogen) atoms. The summed E-state index contributed by atoms with van der Waals surface area (Å²) in [6.45, 7) is 1.58. The van der Waals surface area contributed by atoms with Gasteiger partial charge in [-0.15, -0.1) is 0 Å². The van der Waals surface area contributed by atoms with E-state index in [1.165, 1.54) is 0 Å². The van der Waals surface area contributed by atoms with E-state index in [4.69, 9.17) is 15.1 Å². The Morgan fingerprint density at radius 1 is 1.45 bits per heavy atom. The van der Waals surface area contributed by atoms with Gasteiger partial charge in [0.25, 0.3) is 5.91 Å². The first kappa shape index (κ1) is 15.8. The molecular weight excluding hydrogens is 284 g/mol. The van der Waals surface area contributed by atoms with E-state index >= 15 is 0 Å². The van der Waals surface area contributed by atoms with Crippen molar-refractivity contribution in [1.82, 2.24) is 5.32 Å². The molecule has 0 radical (unpaired) electrons. The van der Waals surface area contributed by atoms with Gasteiger partial charge in [-0.3, -0.25) is 9.59 Å².